The first-order valence-corrected chi connectivity index (χ1v) is 4.56. The lowest BCUT2D eigenvalue weighted by Crippen LogP contribution is -1.88. The van der Waals surface area contributed by atoms with Crippen molar-refractivity contribution in [2.24, 2.45) is 5.16 Å². The first kappa shape index (κ1) is 9.09. The number of halogens is 1. The molecule has 0 spiro atoms. The van der Waals surface area contributed by atoms with Crippen LogP contribution in [0.15, 0.2) is 29.6 Å². The third kappa shape index (κ3) is 1.36. The molecule has 72 valence electrons. The van der Waals surface area contributed by atoms with Crippen molar-refractivity contribution in [1.29, 1.82) is 0 Å². The van der Waals surface area contributed by atoms with Crippen molar-refractivity contribution in [3.05, 3.63) is 35.5 Å². The van der Waals surface area contributed by atoms with Crippen molar-refractivity contribution in [3.8, 4) is 0 Å². The topological polar surface area (TPSA) is 48.4 Å². The van der Waals surface area contributed by atoms with Crippen LogP contribution < -0.4 is 0 Å². The van der Waals surface area contributed by atoms with Crippen molar-refractivity contribution < 1.29 is 5.21 Å². The Balaban J connectivity index is 2.73. The number of oxime groups is 1. The molecule has 0 fully saturated rings. The van der Waals surface area contributed by atoms with Crippen LogP contribution in [0, 0.1) is 6.92 Å². The van der Waals surface area contributed by atoms with E-state index in [2.05, 4.69) is 10.1 Å². The highest BCUT2D eigenvalue weighted by atomic mass is 35.5. The fraction of sp³-hybridized carbons (Fsp3) is 0.100. The molecule has 0 saturated heterocycles. The van der Waals surface area contributed by atoms with Crippen LogP contribution in [-0.4, -0.2) is 15.4 Å². The highest BCUT2D eigenvalue weighted by Crippen LogP contribution is 2.21. The number of rotatable bonds is 1. The smallest absolute Gasteiger partial charge is 0.177 e. The molecule has 0 amide bonds. The Morgan fingerprint density at radius 1 is 1.50 bits per heavy atom. The lowest BCUT2D eigenvalue weighted by Gasteiger charge is -1.95. The van der Waals surface area contributed by atoms with Gasteiger partial charge < -0.3 is 10.2 Å². The van der Waals surface area contributed by atoms with Crippen LogP contribution in [0.2, 0.25) is 0 Å². The van der Waals surface area contributed by atoms with E-state index in [1.54, 1.807) is 6.20 Å². The van der Waals surface area contributed by atoms with Gasteiger partial charge in [-0.15, -0.1) is 0 Å². The third-order valence-electron chi connectivity index (χ3n) is 2.15. The molecule has 2 rings (SSSR count). The van der Waals surface area contributed by atoms with E-state index >= 15 is 0 Å². The minimum atomic E-state index is 0.0989. The zero-order valence-electron chi connectivity index (χ0n) is 7.58. The van der Waals surface area contributed by atoms with E-state index in [0.29, 0.717) is 5.56 Å². The summed E-state index contributed by atoms with van der Waals surface area (Å²) in [5.41, 5.74) is 2.83. The Labute approximate surface area is 86.0 Å². The van der Waals surface area contributed by atoms with Crippen molar-refractivity contribution in [2.75, 3.05) is 0 Å². The Kier molecular flexibility index (Phi) is 2.17. The standard InChI is InChI=1S/C10H9ClN2O/c1-6-2-3-9-7(4-6)8(5-12-9)10(11)13-14/h2-5,12,14H,1H3/b13-10+. The first-order chi connectivity index (χ1) is 6.72. The minimum absolute atomic E-state index is 0.0989. The molecule has 3 nitrogen and oxygen atoms in total. The maximum atomic E-state index is 8.58. The van der Waals surface area contributed by atoms with E-state index in [4.69, 9.17) is 16.8 Å². The molecule has 0 aliphatic heterocycles. The van der Waals surface area contributed by atoms with Gasteiger partial charge in [0, 0.05) is 22.7 Å². The predicted molar refractivity (Wildman–Crippen MR) is 57.2 cm³/mol. The van der Waals surface area contributed by atoms with E-state index < -0.39 is 0 Å². The number of hydrogen-bond acceptors (Lipinski definition) is 2. The summed E-state index contributed by atoms with van der Waals surface area (Å²) in [5.74, 6) is 0. The lowest BCUT2D eigenvalue weighted by molar-refractivity contribution is 0.321. The summed E-state index contributed by atoms with van der Waals surface area (Å²) in [6, 6.07) is 5.97. The molecule has 0 radical (unpaired) electrons. The van der Waals surface area contributed by atoms with Crippen LogP contribution in [0.5, 0.6) is 0 Å². The summed E-state index contributed by atoms with van der Waals surface area (Å²) in [5, 5.41) is 12.6. The quantitative estimate of drug-likeness (QED) is 0.423. The van der Waals surface area contributed by atoms with Crippen LogP contribution >= 0.6 is 11.6 Å². The number of benzene rings is 1. The Morgan fingerprint density at radius 3 is 3.00 bits per heavy atom. The minimum Gasteiger partial charge on any atom is -0.410 e. The number of aromatic amines is 1. The monoisotopic (exact) mass is 208 g/mol. The van der Waals surface area contributed by atoms with Crippen molar-refractivity contribution in [2.45, 2.75) is 6.92 Å². The van der Waals surface area contributed by atoms with Gasteiger partial charge in [0.25, 0.3) is 0 Å². The summed E-state index contributed by atoms with van der Waals surface area (Å²) in [7, 11) is 0. The van der Waals surface area contributed by atoms with Crippen LogP contribution in [0.4, 0.5) is 0 Å². The second kappa shape index (κ2) is 3.35. The maximum Gasteiger partial charge on any atom is 0.177 e. The molecule has 4 heteroatoms. The van der Waals surface area contributed by atoms with Gasteiger partial charge in [-0.1, -0.05) is 28.4 Å². The molecule has 1 heterocycles. The Morgan fingerprint density at radius 2 is 2.29 bits per heavy atom. The van der Waals surface area contributed by atoms with E-state index in [1.807, 2.05) is 25.1 Å². The number of hydrogen-bond donors (Lipinski definition) is 2. The summed E-state index contributed by atoms with van der Waals surface area (Å²) in [4.78, 5) is 3.05. The van der Waals surface area contributed by atoms with Gasteiger partial charge in [0.15, 0.2) is 5.17 Å². The van der Waals surface area contributed by atoms with Crippen LogP contribution in [0.3, 0.4) is 0 Å². The van der Waals surface area contributed by atoms with Gasteiger partial charge in [-0.2, -0.15) is 0 Å². The van der Waals surface area contributed by atoms with E-state index in [9.17, 15) is 0 Å². The average molecular weight is 209 g/mol. The molecule has 0 unspecified atom stereocenters. The molecule has 0 bridgehead atoms. The fourth-order valence-corrected chi connectivity index (χ4v) is 1.62. The molecule has 0 saturated carbocycles. The third-order valence-corrected chi connectivity index (χ3v) is 2.43. The summed E-state index contributed by atoms with van der Waals surface area (Å²) in [6.45, 7) is 2.00. The summed E-state index contributed by atoms with van der Waals surface area (Å²) >= 11 is 5.74. The van der Waals surface area contributed by atoms with Crippen molar-refractivity contribution >= 4 is 27.7 Å². The van der Waals surface area contributed by atoms with Crippen molar-refractivity contribution in [1.82, 2.24) is 4.98 Å². The van der Waals surface area contributed by atoms with E-state index in [1.165, 1.54) is 0 Å². The molecule has 1 aromatic heterocycles. The second-order valence-electron chi connectivity index (χ2n) is 3.14. The molecule has 0 atom stereocenters. The largest absolute Gasteiger partial charge is 0.410 e. The zero-order chi connectivity index (χ0) is 10.1. The number of aromatic nitrogens is 1. The highest BCUT2D eigenvalue weighted by Gasteiger charge is 2.07. The normalized spacial score (nSPS) is 12.3. The molecule has 1 aromatic carbocycles. The number of fused-ring (bicyclic) bond motifs is 1. The number of H-pyrrole nitrogens is 1. The van der Waals surface area contributed by atoms with Crippen LogP contribution in [0.25, 0.3) is 10.9 Å². The van der Waals surface area contributed by atoms with E-state index in [-0.39, 0.29) is 5.17 Å². The lowest BCUT2D eigenvalue weighted by atomic mass is 10.1. The van der Waals surface area contributed by atoms with Gasteiger partial charge in [-0.25, -0.2) is 0 Å². The molecule has 2 aromatic rings. The van der Waals surface area contributed by atoms with Gasteiger partial charge in [0.05, 0.1) is 0 Å². The SMILES string of the molecule is Cc1ccc2[nH]cc(/C(Cl)=N\O)c2c1. The van der Waals surface area contributed by atoms with Gasteiger partial charge in [0.2, 0.25) is 0 Å². The fourth-order valence-electron chi connectivity index (χ4n) is 1.46. The number of aryl methyl sites for hydroxylation is 1. The van der Waals surface area contributed by atoms with Gasteiger partial charge >= 0.3 is 0 Å². The van der Waals surface area contributed by atoms with Gasteiger partial charge in [0.1, 0.15) is 0 Å². The average Bonchev–Trinajstić information content (AvgIpc) is 2.59. The predicted octanol–water partition coefficient (Wildman–Crippen LogP) is 2.85. The molecule has 14 heavy (non-hydrogen) atoms. The molecular weight excluding hydrogens is 200 g/mol. The number of nitrogens with one attached hydrogen (secondary N) is 1. The Bertz CT molecular complexity index is 502. The number of nitrogens with zero attached hydrogens (tertiary/aromatic N) is 1. The van der Waals surface area contributed by atoms with Gasteiger partial charge in [-0.05, 0) is 19.1 Å². The maximum absolute atomic E-state index is 8.58. The summed E-state index contributed by atoms with van der Waals surface area (Å²) < 4.78 is 0. The zero-order valence-corrected chi connectivity index (χ0v) is 8.34. The van der Waals surface area contributed by atoms with Crippen LogP contribution in [0.1, 0.15) is 11.1 Å². The van der Waals surface area contributed by atoms with Gasteiger partial charge in [-0.3, -0.25) is 0 Å². The highest BCUT2D eigenvalue weighted by molar-refractivity contribution is 6.70. The molecule has 0 aliphatic carbocycles. The first-order valence-electron chi connectivity index (χ1n) is 4.18. The summed E-state index contributed by atoms with van der Waals surface area (Å²) in [6.07, 6.45) is 1.73. The van der Waals surface area contributed by atoms with Crippen LogP contribution in [-0.2, 0) is 0 Å². The van der Waals surface area contributed by atoms with E-state index in [0.717, 1.165) is 16.5 Å². The molecular formula is C10H9ClN2O. The molecule has 0 aliphatic rings. The van der Waals surface area contributed by atoms with Crippen molar-refractivity contribution in [3.63, 3.8) is 0 Å². The second-order valence-corrected chi connectivity index (χ2v) is 3.50. The Hall–Kier alpha value is -1.48. The molecule has 2 N–H and O–H groups in total.